The highest BCUT2D eigenvalue weighted by Gasteiger charge is 2.46. The molecule has 0 spiro atoms. The van der Waals surface area contributed by atoms with Gasteiger partial charge in [0.2, 0.25) is 0 Å². The lowest BCUT2D eigenvalue weighted by molar-refractivity contribution is -0.123. The van der Waals surface area contributed by atoms with Crippen LogP contribution in [0.15, 0.2) is 65.9 Å². The molecular formula is C23H25NO4. The number of benzene rings is 2. The Labute approximate surface area is 165 Å². The van der Waals surface area contributed by atoms with E-state index in [2.05, 4.69) is 0 Å². The van der Waals surface area contributed by atoms with E-state index < -0.39 is 23.1 Å². The molecule has 1 N–H and O–H groups in total. The number of carbonyl (C=O) groups excluding carboxylic acids is 2. The smallest absolute Gasteiger partial charge is 0.294 e. The molecule has 0 aromatic heterocycles. The molecule has 5 nitrogen and oxygen atoms in total. The minimum Gasteiger partial charge on any atom is -0.503 e. The maximum absolute atomic E-state index is 13.2. The van der Waals surface area contributed by atoms with Crippen molar-refractivity contribution >= 4 is 17.4 Å². The second kappa shape index (κ2) is 7.50. The Morgan fingerprint density at radius 3 is 2.39 bits per heavy atom. The zero-order valence-corrected chi connectivity index (χ0v) is 16.6. The van der Waals surface area contributed by atoms with Gasteiger partial charge in [0.15, 0.2) is 11.5 Å². The van der Waals surface area contributed by atoms with Crippen molar-refractivity contribution in [3.8, 4) is 5.75 Å². The molecule has 0 radical (unpaired) electrons. The molecule has 0 saturated carbocycles. The summed E-state index contributed by atoms with van der Waals surface area (Å²) in [7, 11) is 0. The Kier molecular flexibility index (Phi) is 5.27. The number of amides is 1. The summed E-state index contributed by atoms with van der Waals surface area (Å²) in [5, 5.41) is 10.7. The van der Waals surface area contributed by atoms with Gasteiger partial charge in [-0.25, -0.2) is 0 Å². The number of aliphatic hydroxyl groups is 1. The maximum atomic E-state index is 13.2. The molecule has 5 heteroatoms. The number of Topliss-reactive ketones (excluding diaryl/α,β-unsaturated/α-hetero) is 1. The fourth-order valence-electron chi connectivity index (χ4n) is 3.35. The molecule has 3 rings (SSSR count). The van der Waals surface area contributed by atoms with Gasteiger partial charge in [-0.15, -0.1) is 0 Å². The lowest BCUT2D eigenvalue weighted by Gasteiger charge is -2.29. The molecular weight excluding hydrogens is 354 g/mol. The van der Waals surface area contributed by atoms with Gasteiger partial charge in [-0.2, -0.15) is 0 Å². The number of ketones is 1. The van der Waals surface area contributed by atoms with Crippen molar-refractivity contribution < 1.29 is 19.4 Å². The van der Waals surface area contributed by atoms with Gasteiger partial charge in [-0.05, 0) is 36.8 Å². The van der Waals surface area contributed by atoms with E-state index in [-0.39, 0.29) is 11.4 Å². The average molecular weight is 379 g/mol. The number of carbonyl (C=O) groups is 2. The number of hydrogen-bond donors (Lipinski definition) is 1. The van der Waals surface area contributed by atoms with Crippen LogP contribution in [0.2, 0.25) is 0 Å². The van der Waals surface area contributed by atoms with Gasteiger partial charge in [-0.1, -0.05) is 51.1 Å². The van der Waals surface area contributed by atoms with Crippen molar-refractivity contribution in [3.63, 3.8) is 0 Å². The van der Waals surface area contributed by atoms with E-state index in [4.69, 9.17) is 4.74 Å². The van der Waals surface area contributed by atoms with Gasteiger partial charge < -0.3 is 9.84 Å². The standard InChI is InChI=1S/C23H25NO4/c1-5-28-17-13-9-10-15(14-17)19-18(21(26)23(2,3)4)20(25)22(27)24(19)16-11-7-6-8-12-16/h6-14,19,25H,5H2,1-4H3. The zero-order valence-electron chi connectivity index (χ0n) is 16.6. The first-order chi connectivity index (χ1) is 13.3. The summed E-state index contributed by atoms with van der Waals surface area (Å²) in [5.41, 5.74) is 0.698. The summed E-state index contributed by atoms with van der Waals surface area (Å²) in [6, 6.07) is 15.6. The van der Waals surface area contributed by atoms with Crippen LogP contribution in [0.3, 0.4) is 0 Å². The third kappa shape index (κ3) is 3.52. The van der Waals surface area contributed by atoms with Crippen LogP contribution in [0.1, 0.15) is 39.3 Å². The van der Waals surface area contributed by atoms with Crippen LogP contribution in [0.25, 0.3) is 0 Å². The molecule has 0 bridgehead atoms. The van der Waals surface area contributed by atoms with Gasteiger partial charge in [0, 0.05) is 11.1 Å². The van der Waals surface area contributed by atoms with E-state index in [0.29, 0.717) is 23.6 Å². The number of anilines is 1. The van der Waals surface area contributed by atoms with Crippen LogP contribution in [-0.4, -0.2) is 23.4 Å². The molecule has 1 amide bonds. The number of rotatable bonds is 5. The van der Waals surface area contributed by atoms with Crippen molar-refractivity contribution in [2.24, 2.45) is 5.41 Å². The molecule has 1 aliphatic rings. The molecule has 28 heavy (non-hydrogen) atoms. The molecule has 0 saturated heterocycles. The van der Waals surface area contributed by atoms with Crippen LogP contribution in [-0.2, 0) is 9.59 Å². The number of hydrogen-bond acceptors (Lipinski definition) is 4. The van der Waals surface area contributed by atoms with E-state index in [1.165, 1.54) is 4.90 Å². The van der Waals surface area contributed by atoms with Crippen molar-refractivity contribution in [3.05, 3.63) is 71.5 Å². The molecule has 2 aromatic rings. The van der Waals surface area contributed by atoms with Crippen LogP contribution < -0.4 is 9.64 Å². The summed E-state index contributed by atoms with van der Waals surface area (Å²) >= 11 is 0. The Morgan fingerprint density at radius 2 is 1.79 bits per heavy atom. The minimum absolute atomic E-state index is 0.120. The van der Waals surface area contributed by atoms with Gasteiger partial charge in [0.1, 0.15) is 5.75 Å². The van der Waals surface area contributed by atoms with Crippen LogP contribution in [0.4, 0.5) is 5.69 Å². The summed E-state index contributed by atoms with van der Waals surface area (Å²) in [6.45, 7) is 7.73. The quantitative estimate of drug-likeness (QED) is 0.824. The predicted octanol–water partition coefficient (Wildman–Crippen LogP) is 4.60. The summed E-state index contributed by atoms with van der Waals surface area (Å²) in [6.07, 6.45) is 0. The lowest BCUT2D eigenvalue weighted by atomic mass is 9.82. The number of ether oxygens (including phenoxy) is 1. The summed E-state index contributed by atoms with van der Waals surface area (Å²) in [5.74, 6) is -0.681. The molecule has 1 heterocycles. The van der Waals surface area contributed by atoms with E-state index in [1.54, 1.807) is 32.9 Å². The molecule has 146 valence electrons. The van der Waals surface area contributed by atoms with Crippen molar-refractivity contribution in [2.75, 3.05) is 11.5 Å². The third-order valence-corrected chi connectivity index (χ3v) is 4.65. The van der Waals surface area contributed by atoms with Gasteiger partial charge in [-0.3, -0.25) is 14.5 Å². The van der Waals surface area contributed by atoms with Gasteiger partial charge in [0.05, 0.1) is 18.2 Å². The molecule has 1 atom stereocenters. The minimum atomic E-state index is -0.744. The number of aliphatic hydroxyl groups excluding tert-OH is 1. The molecule has 0 aliphatic carbocycles. The monoisotopic (exact) mass is 379 g/mol. The molecule has 0 fully saturated rings. The first kappa shape index (κ1) is 19.7. The number of nitrogens with zero attached hydrogens (tertiary/aromatic N) is 1. The van der Waals surface area contributed by atoms with Crippen molar-refractivity contribution in [1.82, 2.24) is 0 Å². The Balaban J connectivity index is 2.19. The summed E-state index contributed by atoms with van der Waals surface area (Å²) in [4.78, 5) is 27.6. The normalized spacial score (nSPS) is 17.2. The van der Waals surface area contributed by atoms with Crippen LogP contribution in [0.5, 0.6) is 5.75 Å². The molecule has 1 aliphatic heterocycles. The largest absolute Gasteiger partial charge is 0.503 e. The van der Waals surface area contributed by atoms with Gasteiger partial charge in [0.25, 0.3) is 5.91 Å². The Morgan fingerprint density at radius 1 is 1.11 bits per heavy atom. The predicted molar refractivity (Wildman–Crippen MR) is 108 cm³/mol. The highest BCUT2D eigenvalue weighted by atomic mass is 16.5. The molecule has 1 unspecified atom stereocenters. The van der Waals surface area contributed by atoms with E-state index in [9.17, 15) is 14.7 Å². The van der Waals surface area contributed by atoms with Crippen molar-refractivity contribution in [1.29, 1.82) is 0 Å². The highest BCUT2D eigenvalue weighted by Crippen LogP contribution is 2.43. The van der Waals surface area contributed by atoms with E-state index in [0.717, 1.165) is 0 Å². The highest BCUT2D eigenvalue weighted by molar-refractivity contribution is 6.17. The Bertz CT molecular complexity index is 925. The first-order valence-electron chi connectivity index (χ1n) is 9.35. The van der Waals surface area contributed by atoms with E-state index in [1.807, 2.05) is 49.4 Å². The second-order valence-corrected chi connectivity index (χ2v) is 7.76. The third-order valence-electron chi connectivity index (χ3n) is 4.65. The lowest BCUT2D eigenvalue weighted by Crippen LogP contribution is -2.32. The zero-order chi connectivity index (χ0) is 20.5. The fourth-order valence-corrected chi connectivity index (χ4v) is 3.35. The topological polar surface area (TPSA) is 66.8 Å². The first-order valence-corrected chi connectivity index (χ1v) is 9.35. The average Bonchev–Trinajstić information content (AvgIpc) is 2.93. The number of para-hydroxylation sites is 1. The molecule has 2 aromatic carbocycles. The van der Waals surface area contributed by atoms with Gasteiger partial charge >= 0.3 is 0 Å². The summed E-state index contributed by atoms with van der Waals surface area (Å²) < 4.78 is 5.60. The Hall–Kier alpha value is -3.08. The fraction of sp³-hybridized carbons (Fsp3) is 0.304. The van der Waals surface area contributed by atoms with Crippen LogP contribution in [0, 0.1) is 5.41 Å². The SMILES string of the molecule is CCOc1cccc(C2C(C(=O)C(C)(C)C)=C(O)C(=O)N2c2ccccc2)c1. The van der Waals surface area contributed by atoms with Crippen molar-refractivity contribution in [2.45, 2.75) is 33.7 Å². The van der Waals surface area contributed by atoms with E-state index >= 15 is 0 Å². The second-order valence-electron chi connectivity index (χ2n) is 7.76. The maximum Gasteiger partial charge on any atom is 0.294 e. The van der Waals surface area contributed by atoms with Crippen LogP contribution >= 0.6 is 0 Å².